The molecule has 0 radical (unpaired) electrons. The summed E-state index contributed by atoms with van der Waals surface area (Å²) in [6.45, 7) is 1.58. The third kappa shape index (κ3) is 13.9. The number of hydrogen-bond donors (Lipinski definition) is 1. The van der Waals surface area contributed by atoms with Crippen LogP contribution in [0.1, 0.15) is 39.0 Å². The van der Waals surface area contributed by atoms with Gasteiger partial charge in [-0.05, 0) is 6.42 Å². The average molecular weight is 369 g/mol. The summed E-state index contributed by atoms with van der Waals surface area (Å²) in [4.78, 5) is 23.2. The lowest BCUT2D eigenvalue weighted by atomic mass is 10.1. The molecule has 0 aromatic heterocycles. The zero-order valence-corrected chi connectivity index (χ0v) is 16.1. The van der Waals surface area contributed by atoms with Crippen molar-refractivity contribution in [1.82, 2.24) is 0 Å². The first-order chi connectivity index (χ1) is 11.1. The van der Waals surface area contributed by atoms with Crippen molar-refractivity contribution in [2.45, 2.75) is 45.1 Å². The molecule has 2 atom stereocenters. The number of quaternary nitrogens is 1. The number of esters is 1. The first kappa shape index (κ1) is 23.5. The summed E-state index contributed by atoms with van der Waals surface area (Å²) in [5, 5.41) is 9.17. The van der Waals surface area contributed by atoms with Crippen LogP contribution in [-0.2, 0) is 23.1 Å². The van der Waals surface area contributed by atoms with Gasteiger partial charge >= 0.3 is 5.97 Å². The van der Waals surface area contributed by atoms with Crippen LogP contribution in [0.3, 0.4) is 0 Å². The van der Waals surface area contributed by atoms with E-state index >= 15 is 0 Å². The molecule has 0 saturated heterocycles. The number of unbranched alkanes of at least 4 members (excludes halogenated alkanes) is 3. The molecule has 0 fully saturated rings. The molecule has 0 aliphatic heterocycles. The second-order valence-electron chi connectivity index (χ2n) is 6.70. The lowest BCUT2D eigenvalue weighted by molar-refractivity contribution is -0.870. The van der Waals surface area contributed by atoms with Crippen molar-refractivity contribution < 1.29 is 37.6 Å². The van der Waals surface area contributed by atoms with Gasteiger partial charge in [0, 0.05) is 6.42 Å². The second-order valence-corrected chi connectivity index (χ2v) is 8.11. The Morgan fingerprint density at radius 1 is 1.21 bits per heavy atom. The molecule has 0 bridgehead atoms. The fourth-order valence-electron chi connectivity index (χ4n) is 1.70. The van der Waals surface area contributed by atoms with E-state index in [-0.39, 0.29) is 13.0 Å². The Hall–Kier alpha value is -0.500. The van der Waals surface area contributed by atoms with Crippen molar-refractivity contribution in [1.29, 1.82) is 0 Å². The van der Waals surface area contributed by atoms with Gasteiger partial charge in [-0.2, -0.15) is 0 Å². The summed E-state index contributed by atoms with van der Waals surface area (Å²) in [6.07, 6.45) is 2.97. The Bertz CT molecular complexity index is 398. The first-order valence-electron chi connectivity index (χ1n) is 8.30. The smallest absolute Gasteiger partial charge is 0.306 e. The highest BCUT2D eigenvalue weighted by Crippen LogP contribution is 2.38. The van der Waals surface area contributed by atoms with Crippen LogP contribution in [0.15, 0.2) is 0 Å². The molecular weight excluding hydrogens is 337 g/mol. The first-order valence-corrected chi connectivity index (χ1v) is 9.76. The van der Waals surface area contributed by atoms with Gasteiger partial charge in [-0.3, -0.25) is 9.36 Å². The van der Waals surface area contributed by atoms with Crippen molar-refractivity contribution in [3.63, 3.8) is 0 Å². The van der Waals surface area contributed by atoms with E-state index in [1.54, 1.807) is 0 Å². The van der Waals surface area contributed by atoms with E-state index in [1.807, 2.05) is 21.1 Å². The van der Waals surface area contributed by atoms with Crippen molar-refractivity contribution in [2.75, 3.05) is 47.5 Å². The number of phosphoric acid groups is 1. The van der Waals surface area contributed by atoms with Gasteiger partial charge in [0.15, 0.2) is 0 Å². The number of carbonyl (C=O) groups excluding carboxylic acids is 1. The van der Waals surface area contributed by atoms with Gasteiger partial charge < -0.3 is 28.3 Å². The Morgan fingerprint density at radius 3 is 2.42 bits per heavy atom. The zero-order chi connectivity index (χ0) is 18.6. The molecule has 0 rings (SSSR count). The SMILES string of the molecule is CCCCCCC(=O)O[C@@H](CO)COP(=O)([O-])OCC[N+](C)(C)C. The second kappa shape index (κ2) is 12.0. The summed E-state index contributed by atoms with van der Waals surface area (Å²) in [6, 6.07) is 0. The number of aliphatic hydroxyl groups excluding tert-OH is 1. The number of nitrogens with zero attached hydrogens (tertiary/aromatic N) is 1. The minimum absolute atomic E-state index is 0.00865. The van der Waals surface area contributed by atoms with Gasteiger partial charge in [0.05, 0.1) is 34.4 Å². The highest BCUT2D eigenvalue weighted by Gasteiger charge is 2.19. The highest BCUT2D eigenvalue weighted by atomic mass is 31.2. The zero-order valence-electron chi connectivity index (χ0n) is 15.2. The van der Waals surface area contributed by atoms with Crippen molar-refractivity contribution in [3.05, 3.63) is 0 Å². The number of likely N-dealkylation sites (N-methyl/N-ethyl adjacent to an activating group) is 1. The van der Waals surface area contributed by atoms with Gasteiger partial charge in [0.2, 0.25) is 0 Å². The maximum atomic E-state index is 11.6. The molecule has 24 heavy (non-hydrogen) atoms. The molecule has 0 aliphatic carbocycles. The minimum Gasteiger partial charge on any atom is -0.756 e. The normalized spacial score (nSPS) is 15.8. The summed E-state index contributed by atoms with van der Waals surface area (Å²) >= 11 is 0. The largest absolute Gasteiger partial charge is 0.756 e. The lowest BCUT2D eigenvalue weighted by Crippen LogP contribution is -2.37. The monoisotopic (exact) mass is 369 g/mol. The molecular formula is C15H32NO7P. The molecule has 144 valence electrons. The van der Waals surface area contributed by atoms with E-state index in [4.69, 9.17) is 9.26 Å². The van der Waals surface area contributed by atoms with Gasteiger partial charge in [-0.1, -0.05) is 26.2 Å². The number of ether oxygens (including phenoxy) is 1. The van der Waals surface area contributed by atoms with Crippen LogP contribution in [0.2, 0.25) is 0 Å². The van der Waals surface area contributed by atoms with Crippen LogP contribution in [0.25, 0.3) is 0 Å². The summed E-state index contributed by atoms with van der Waals surface area (Å²) < 4.78 is 26.6. The van der Waals surface area contributed by atoms with Crippen molar-refractivity contribution in [3.8, 4) is 0 Å². The van der Waals surface area contributed by atoms with Crippen molar-refractivity contribution in [2.24, 2.45) is 0 Å². The van der Waals surface area contributed by atoms with E-state index < -0.39 is 33.1 Å². The molecule has 0 heterocycles. The van der Waals surface area contributed by atoms with Gasteiger partial charge in [0.1, 0.15) is 19.3 Å². The average Bonchev–Trinajstić information content (AvgIpc) is 2.46. The third-order valence-corrected chi connectivity index (χ3v) is 4.13. The Balaban J connectivity index is 4.09. The minimum atomic E-state index is -4.48. The number of rotatable bonds is 14. The number of phosphoric ester groups is 1. The number of carbonyl (C=O) groups is 1. The quantitative estimate of drug-likeness (QED) is 0.211. The molecule has 0 amide bonds. The molecule has 0 saturated carbocycles. The maximum Gasteiger partial charge on any atom is 0.306 e. The fraction of sp³-hybridized carbons (Fsp3) is 0.933. The molecule has 0 spiro atoms. The standard InChI is InChI=1S/C15H32NO7P/c1-5-6-7-8-9-15(18)23-14(12-17)13-22-24(19,20)21-11-10-16(2,3)4/h14,17H,5-13H2,1-4H3/t14-/m0/s1. The van der Waals surface area contributed by atoms with Gasteiger partial charge in [0.25, 0.3) is 7.82 Å². The van der Waals surface area contributed by atoms with Crippen molar-refractivity contribution >= 4 is 13.8 Å². The summed E-state index contributed by atoms with van der Waals surface area (Å²) in [7, 11) is 1.23. The van der Waals surface area contributed by atoms with E-state index in [0.717, 1.165) is 19.3 Å². The predicted molar refractivity (Wildman–Crippen MR) is 88.1 cm³/mol. The molecule has 1 N–H and O–H groups in total. The Morgan fingerprint density at radius 2 is 1.88 bits per heavy atom. The molecule has 8 nitrogen and oxygen atoms in total. The van der Waals surface area contributed by atoms with Crippen LogP contribution in [0.5, 0.6) is 0 Å². The van der Waals surface area contributed by atoms with Gasteiger partial charge in [-0.15, -0.1) is 0 Å². The predicted octanol–water partition coefficient (Wildman–Crippen LogP) is 1.07. The van der Waals surface area contributed by atoms with Gasteiger partial charge in [-0.25, -0.2) is 0 Å². The van der Waals surface area contributed by atoms with Crippen LogP contribution in [0, 0.1) is 0 Å². The fourth-order valence-corrected chi connectivity index (χ4v) is 2.43. The molecule has 9 heteroatoms. The number of hydrogen-bond acceptors (Lipinski definition) is 7. The van der Waals surface area contributed by atoms with Crippen LogP contribution in [0.4, 0.5) is 0 Å². The molecule has 0 aromatic carbocycles. The number of aliphatic hydroxyl groups is 1. The van der Waals surface area contributed by atoms with E-state index in [9.17, 15) is 19.4 Å². The lowest BCUT2D eigenvalue weighted by Gasteiger charge is -2.28. The highest BCUT2D eigenvalue weighted by molar-refractivity contribution is 7.45. The summed E-state index contributed by atoms with van der Waals surface area (Å²) in [5.74, 6) is -0.472. The molecule has 1 unspecified atom stereocenters. The van der Waals surface area contributed by atoms with Crippen LogP contribution >= 0.6 is 7.82 Å². The van der Waals surface area contributed by atoms with E-state index in [2.05, 4.69) is 11.4 Å². The summed E-state index contributed by atoms with van der Waals surface area (Å²) in [5.41, 5.74) is 0. The topological polar surface area (TPSA) is 105 Å². The van der Waals surface area contributed by atoms with E-state index in [1.165, 1.54) is 0 Å². The van der Waals surface area contributed by atoms with Crippen LogP contribution < -0.4 is 4.89 Å². The Kier molecular flexibility index (Phi) is 11.7. The van der Waals surface area contributed by atoms with Crippen LogP contribution in [-0.4, -0.2) is 69.2 Å². The third-order valence-electron chi connectivity index (χ3n) is 3.17. The Labute approximate surface area is 144 Å². The molecule has 0 aromatic rings. The van der Waals surface area contributed by atoms with E-state index in [0.29, 0.717) is 17.4 Å². The molecule has 0 aliphatic rings. The maximum absolute atomic E-state index is 11.6.